The molecule has 64 valence electrons. The van der Waals surface area contributed by atoms with E-state index in [1.165, 1.54) is 11.8 Å². The average molecular weight is 189 g/mol. The molecule has 0 amide bonds. The fourth-order valence-electron chi connectivity index (χ4n) is 1.02. The Morgan fingerprint density at radius 2 is 2.31 bits per heavy atom. The molecule has 0 saturated carbocycles. The van der Waals surface area contributed by atoms with E-state index in [0.29, 0.717) is 11.0 Å². The monoisotopic (exact) mass is 189 g/mol. The average Bonchev–Trinajstić information content (AvgIpc) is 2.57. The number of fused-ring (bicyclic) bond motifs is 1. The molecule has 3 heteroatoms. The number of oxazole rings is 1. The summed E-state index contributed by atoms with van der Waals surface area (Å²) in [7, 11) is 0. The van der Waals surface area contributed by atoms with E-state index in [-0.39, 0.29) is 0 Å². The van der Waals surface area contributed by atoms with Crippen LogP contribution in [0.4, 0.5) is 0 Å². The molecular weight excluding hydrogens is 182 g/mol. The molecule has 0 N–H and O–H groups in total. The lowest BCUT2D eigenvalue weighted by Crippen LogP contribution is -1.71. The zero-order valence-electron chi connectivity index (χ0n) is 6.86. The van der Waals surface area contributed by atoms with Crippen molar-refractivity contribution in [1.82, 2.24) is 4.98 Å². The van der Waals surface area contributed by atoms with Crippen LogP contribution < -0.4 is 0 Å². The Morgan fingerprint density at radius 3 is 3.08 bits per heavy atom. The van der Waals surface area contributed by atoms with Crippen molar-refractivity contribution in [2.45, 2.75) is 5.22 Å². The fraction of sp³-hybridized carbons (Fsp3) is 0.100. The molecule has 0 bridgehead atoms. The van der Waals surface area contributed by atoms with Crippen LogP contribution in [0.25, 0.3) is 11.1 Å². The molecule has 1 aromatic heterocycles. The molecule has 0 aliphatic carbocycles. The van der Waals surface area contributed by atoms with Gasteiger partial charge in [0.05, 0.1) is 5.75 Å². The summed E-state index contributed by atoms with van der Waals surface area (Å²) in [6.45, 7) is 0. The highest BCUT2D eigenvalue weighted by atomic mass is 32.2. The molecule has 2 rings (SSSR count). The predicted octanol–water partition coefficient (Wildman–Crippen LogP) is 2.55. The summed E-state index contributed by atoms with van der Waals surface area (Å²) in [5.74, 6) is 3.11. The van der Waals surface area contributed by atoms with Gasteiger partial charge in [0.25, 0.3) is 5.22 Å². The molecule has 0 unspecified atom stereocenters. The third-order valence-corrected chi connectivity index (χ3v) is 2.29. The molecule has 2 aromatic rings. The minimum absolute atomic E-state index is 0.590. The maximum Gasteiger partial charge on any atom is 0.257 e. The summed E-state index contributed by atoms with van der Waals surface area (Å²) in [6.07, 6.45) is 5.13. The maximum absolute atomic E-state index is 5.43. The number of benzene rings is 1. The number of thioether (sulfide) groups is 1. The Kier molecular flexibility index (Phi) is 2.24. The first-order valence-corrected chi connectivity index (χ1v) is 4.80. The molecule has 0 radical (unpaired) electrons. The lowest BCUT2D eigenvalue weighted by atomic mass is 10.3. The van der Waals surface area contributed by atoms with E-state index in [9.17, 15) is 0 Å². The lowest BCUT2D eigenvalue weighted by Gasteiger charge is -1.84. The van der Waals surface area contributed by atoms with E-state index in [1.807, 2.05) is 24.3 Å². The molecule has 0 spiro atoms. The quantitative estimate of drug-likeness (QED) is 0.536. The van der Waals surface area contributed by atoms with Crippen molar-refractivity contribution in [1.29, 1.82) is 0 Å². The molecule has 0 saturated heterocycles. The molecule has 0 fully saturated rings. The number of hydrogen-bond acceptors (Lipinski definition) is 3. The van der Waals surface area contributed by atoms with Gasteiger partial charge in [-0.25, -0.2) is 4.98 Å². The van der Waals surface area contributed by atoms with E-state index in [2.05, 4.69) is 10.9 Å². The second kappa shape index (κ2) is 3.55. The summed E-state index contributed by atoms with van der Waals surface area (Å²) >= 11 is 1.43. The number of terminal acetylenes is 1. The zero-order chi connectivity index (χ0) is 9.10. The summed E-state index contributed by atoms with van der Waals surface area (Å²) in [5, 5.41) is 0.638. The first-order valence-electron chi connectivity index (χ1n) is 3.82. The van der Waals surface area contributed by atoms with E-state index in [4.69, 9.17) is 10.8 Å². The van der Waals surface area contributed by atoms with Gasteiger partial charge in [0, 0.05) is 0 Å². The molecule has 0 atom stereocenters. The molecule has 1 aromatic carbocycles. The zero-order valence-corrected chi connectivity index (χ0v) is 7.67. The van der Waals surface area contributed by atoms with Gasteiger partial charge >= 0.3 is 0 Å². The van der Waals surface area contributed by atoms with Crippen LogP contribution in [0.5, 0.6) is 0 Å². The van der Waals surface area contributed by atoms with Gasteiger partial charge in [-0.1, -0.05) is 29.8 Å². The van der Waals surface area contributed by atoms with Gasteiger partial charge in [-0.15, -0.1) is 6.42 Å². The smallest absolute Gasteiger partial charge is 0.257 e. The highest BCUT2D eigenvalue weighted by Crippen LogP contribution is 2.22. The number of rotatable bonds is 2. The van der Waals surface area contributed by atoms with Gasteiger partial charge in [0.1, 0.15) is 5.52 Å². The summed E-state index contributed by atoms with van der Waals surface area (Å²) in [4.78, 5) is 4.25. The van der Waals surface area contributed by atoms with Gasteiger partial charge in [-0.3, -0.25) is 0 Å². The Hall–Kier alpha value is -1.40. The first-order chi connectivity index (χ1) is 6.40. The maximum atomic E-state index is 5.43. The topological polar surface area (TPSA) is 26.0 Å². The molecular formula is C10H7NOS. The number of hydrogen-bond donors (Lipinski definition) is 0. The molecule has 1 heterocycles. The Morgan fingerprint density at radius 1 is 1.46 bits per heavy atom. The highest BCUT2D eigenvalue weighted by molar-refractivity contribution is 7.99. The van der Waals surface area contributed by atoms with E-state index in [0.717, 1.165) is 11.1 Å². The summed E-state index contributed by atoms with van der Waals surface area (Å²) in [5.41, 5.74) is 1.68. The van der Waals surface area contributed by atoms with Gasteiger partial charge in [0.2, 0.25) is 0 Å². The van der Waals surface area contributed by atoms with Gasteiger partial charge < -0.3 is 4.42 Å². The standard InChI is InChI=1S/C10H7NOS/c1-2-7-13-10-11-8-5-3-4-6-9(8)12-10/h1,3-6H,7H2. The van der Waals surface area contributed by atoms with Crippen LogP contribution in [0, 0.1) is 12.3 Å². The second-order valence-corrected chi connectivity index (χ2v) is 3.37. The van der Waals surface area contributed by atoms with Gasteiger partial charge in [-0.2, -0.15) is 0 Å². The van der Waals surface area contributed by atoms with Crippen molar-refractivity contribution >= 4 is 22.9 Å². The Bertz CT molecular complexity index is 422. The van der Waals surface area contributed by atoms with Crippen LogP contribution in [-0.4, -0.2) is 10.7 Å². The lowest BCUT2D eigenvalue weighted by molar-refractivity contribution is 0.490. The SMILES string of the molecule is C#CCSc1nc2ccccc2o1. The highest BCUT2D eigenvalue weighted by Gasteiger charge is 2.03. The van der Waals surface area contributed by atoms with Gasteiger partial charge in [0.15, 0.2) is 5.58 Å². The molecule has 2 nitrogen and oxygen atoms in total. The van der Waals surface area contributed by atoms with Crippen molar-refractivity contribution < 1.29 is 4.42 Å². The molecule has 13 heavy (non-hydrogen) atoms. The van der Waals surface area contributed by atoms with Crippen LogP contribution in [0.1, 0.15) is 0 Å². The van der Waals surface area contributed by atoms with E-state index < -0.39 is 0 Å². The summed E-state index contributed by atoms with van der Waals surface area (Å²) in [6, 6.07) is 7.66. The second-order valence-electron chi connectivity index (χ2n) is 2.44. The number of aromatic nitrogens is 1. The molecule has 0 aliphatic rings. The van der Waals surface area contributed by atoms with Crippen LogP contribution in [0.15, 0.2) is 33.9 Å². The van der Waals surface area contributed by atoms with Crippen LogP contribution in [0.2, 0.25) is 0 Å². The third-order valence-electron chi connectivity index (χ3n) is 1.55. The van der Waals surface area contributed by atoms with Crippen LogP contribution in [-0.2, 0) is 0 Å². The number of para-hydroxylation sites is 2. The largest absolute Gasteiger partial charge is 0.431 e. The Labute approximate surface area is 80.3 Å². The van der Waals surface area contributed by atoms with Crippen LogP contribution >= 0.6 is 11.8 Å². The van der Waals surface area contributed by atoms with Crippen molar-refractivity contribution in [3.05, 3.63) is 24.3 Å². The molecule has 0 aliphatic heterocycles. The Balaban J connectivity index is 2.34. The van der Waals surface area contributed by atoms with Gasteiger partial charge in [-0.05, 0) is 12.1 Å². The van der Waals surface area contributed by atoms with Crippen molar-refractivity contribution in [2.24, 2.45) is 0 Å². The van der Waals surface area contributed by atoms with Crippen molar-refractivity contribution in [3.8, 4) is 12.3 Å². The number of nitrogens with zero attached hydrogens (tertiary/aromatic N) is 1. The van der Waals surface area contributed by atoms with Crippen molar-refractivity contribution in [3.63, 3.8) is 0 Å². The minimum Gasteiger partial charge on any atom is -0.431 e. The van der Waals surface area contributed by atoms with E-state index in [1.54, 1.807) is 0 Å². The van der Waals surface area contributed by atoms with Crippen molar-refractivity contribution in [2.75, 3.05) is 5.75 Å². The third kappa shape index (κ3) is 1.68. The van der Waals surface area contributed by atoms with Crippen LogP contribution in [0.3, 0.4) is 0 Å². The minimum atomic E-state index is 0.590. The first kappa shape index (κ1) is 8.21. The summed E-state index contributed by atoms with van der Waals surface area (Å²) < 4.78 is 5.43. The fourth-order valence-corrected chi connectivity index (χ4v) is 1.53. The van der Waals surface area contributed by atoms with E-state index >= 15 is 0 Å². The predicted molar refractivity (Wildman–Crippen MR) is 53.6 cm³/mol. The normalized spacial score (nSPS) is 10.1.